The Morgan fingerprint density at radius 3 is 2.52 bits per heavy atom. The molecule has 0 aromatic heterocycles. The van der Waals surface area contributed by atoms with Crippen LogP contribution in [0.25, 0.3) is 0 Å². The predicted molar refractivity (Wildman–Crippen MR) is 79.4 cm³/mol. The van der Waals surface area contributed by atoms with Crippen LogP contribution >= 0.6 is 0 Å². The second-order valence-electron chi connectivity index (χ2n) is 5.34. The summed E-state index contributed by atoms with van der Waals surface area (Å²) in [6, 6.07) is 6.22. The molecule has 0 bridgehead atoms. The van der Waals surface area contributed by atoms with E-state index in [1.54, 1.807) is 12.1 Å². The van der Waals surface area contributed by atoms with E-state index in [0.717, 1.165) is 12.0 Å². The van der Waals surface area contributed by atoms with Crippen LogP contribution in [0.1, 0.15) is 31.9 Å². The van der Waals surface area contributed by atoms with Gasteiger partial charge in [0.05, 0.1) is 19.3 Å². The molecule has 116 valence electrons. The number of ether oxygens (including phenoxy) is 1. The summed E-state index contributed by atoms with van der Waals surface area (Å²) in [5.41, 5.74) is 1.00. The molecule has 0 spiro atoms. The highest BCUT2D eigenvalue weighted by molar-refractivity contribution is 5.81. The number of morpholine rings is 1. The molecule has 0 saturated carbocycles. The van der Waals surface area contributed by atoms with Gasteiger partial charge in [-0.3, -0.25) is 10.1 Å². The van der Waals surface area contributed by atoms with E-state index in [1.807, 2.05) is 18.7 Å². The molecule has 1 fully saturated rings. The Balaban J connectivity index is 1.96. The van der Waals surface area contributed by atoms with Gasteiger partial charge in [0.15, 0.2) is 0 Å². The van der Waals surface area contributed by atoms with E-state index in [0.29, 0.717) is 26.3 Å². The number of nitrogens with zero attached hydrogens (tertiary/aromatic N) is 1. The Labute approximate surface area is 125 Å². The minimum absolute atomic E-state index is 0.0468. The van der Waals surface area contributed by atoms with Gasteiger partial charge in [-0.25, -0.2) is 4.39 Å². The predicted octanol–water partition coefficient (Wildman–Crippen LogP) is 2.11. The minimum atomic E-state index is -0.266. The first kappa shape index (κ1) is 15.9. The molecule has 2 rings (SSSR count). The van der Waals surface area contributed by atoms with Crippen molar-refractivity contribution in [1.29, 1.82) is 0 Å². The van der Waals surface area contributed by atoms with Gasteiger partial charge >= 0.3 is 0 Å². The maximum absolute atomic E-state index is 13.0. The van der Waals surface area contributed by atoms with Crippen molar-refractivity contribution in [2.24, 2.45) is 0 Å². The summed E-state index contributed by atoms with van der Waals surface area (Å²) >= 11 is 0. The van der Waals surface area contributed by atoms with Crippen LogP contribution in [-0.4, -0.2) is 43.2 Å². The fraction of sp³-hybridized carbons (Fsp3) is 0.562. The number of nitrogens with one attached hydrogen (secondary N) is 1. The monoisotopic (exact) mass is 294 g/mol. The van der Waals surface area contributed by atoms with Crippen molar-refractivity contribution in [3.63, 3.8) is 0 Å². The lowest BCUT2D eigenvalue weighted by Gasteiger charge is -2.31. The van der Waals surface area contributed by atoms with E-state index in [9.17, 15) is 9.18 Å². The van der Waals surface area contributed by atoms with Gasteiger partial charge in [0.2, 0.25) is 5.91 Å². The number of benzene rings is 1. The van der Waals surface area contributed by atoms with Gasteiger partial charge in [0, 0.05) is 19.1 Å². The van der Waals surface area contributed by atoms with Crippen LogP contribution in [0.2, 0.25) is 0 Å². The summed E-state index contributed by atoms with van der Waals surface area (Å²) in [6.07, 6.45) is 0.840. The molecule has 1 N–H and O–H groups in total. The van der Waals surface area contributed by atoms with Crippen LogP contribution in [0.4, 0.5) is 4.39 Å². The standard InChI is InChI=1S/C16H23FN2O2/c1-3-15(13-4-6-14(17)7-5-13)18-12(2)16(20)19-8-10-21-11-9-19/h4-7,12,15,18H,3,8-11H2,1-2H3. The molecule has 21 heavy (non-hydrogen) atoms. The molecule has 2 unspecified atom stereocenters. The maximum atomic E-state index is 13.0. The lowest BCUT2D eigenvalue weighted by atomic mass is 10.0. The zero-order valence-electron chi connectivity index (χ0n) is 12.6. The molecule has 5 heteroatoms. The van der Waals surface area contributed by atoms with Gasteiger partial charge in [-0.15, -0.1) is 0 Å². The molecule has 1 amide bonds. The van der Waals surface area contributed by atoms with E-state index in [2.05, 4.69) is 5.32 Å². The first-order valence-electron chi connectivity index (χ1n) is 7.50. The van der Waals surface area contributed by atoms with E-state index < -0.39 is 0 Å². The van der Waals surface area contributed by atoms with Crippen molar-refractivity contribution in [3.8, 4) is 0 Å². The van der Waals surface area contributed by atoms with Crippen LogP contribution in [-0.2, 0) is 9.53 Å². The summed E-state index contributed by atoms with van der Waals surface area (Å²) in [5.74, 6) is -0.148. The lowest BCUT2D eigenvalue weighted by Crippen LogP contribution is -2.49. The molecule has 1 saturated heterocycles. The average molecular weight is 294 g/mol. The Morgan fingerprint density at radius 2 is 1.95 bits per heavy atom. The van der Waals surface area contributed by atoms with Crippen LogP contribution in [0.15, 0.2) is 24.3 Å². The highest BCUT2D eigenvalue weighted by Gasteiger charge is 2.24. The third-order valence-electron chi connectivity index (χ3n) is 3.82. The van der Waals surface area contributed by atoms with Crippen molar-refractivity contribution >= 4 is 5.91 Å². The van der Waals surface area contributed by atoms with Crippen molar-refractivity contribution in [2.75, 3.05) is 26.3 Å². The topological polar surface area (TPSA) is 41.6 Å². The largest absolute Gasteiger partial charge is 0.378 e. The molecule has 4 nitrogen and oxygen atoms in total. The van der Waals surface area contributed by atoms with Crippen molar-refractivity contribution < 1.29 is 13.9 Å². The van der Waals surface area contributed by atoms with E-state index in [1.165, 1.54) is 12.1 Å². The van der Waals surface area contributed by atoms with Crippen LogP contribution < -0.4 is 5.32 Å². The number of amides is 1. The second-order valence-corrected chi connectivity index (χ2v) is 5.34. The molecule has 1 aliphatic rings. The molecule has 1 heterocycles. The van der Waals surface area contributed by atoms with E-state index >= 15 is 0 Å². The van der Waals surface area contributed by atoms with Crippen molar-refractivity contribution in [1.82, 2.24) is 10.2 Å². The smallest absolute Gasteiger partial charge is 0.239 e. The molecule has 1 aromatic carbocycles. The Morgan fingerprint density at radius 1 is 1.33 bits per heavy atom. The van der Waals surface area contributed by atoms with Crippen molar-refractivity contribution in [2.45, 2.75) is 32.4 Å². The number of carbonyl (C=O) groups is 1. The van der Waals surface area contributed by atoms with E-state index in [-0.39, 0.29) is 23.8 Å². The van der Waals surface area contributed by atoms with Gasteiger partial charge < -0.3 is 9.64 Å². The van der Waals surface area contributed by atoms with Gasteiger partial charge in [-0.2, -0.15) is 0 Å². The number of hydrogen-bond donors (Lipinski definition) is 1. The molecule has 2 atom stereocenters. The molecule has 1 aromatic rings. The second kappa shape index (κ2) is 7.52. The zero-order chi connectivity index (χ0) is 15.2. The SMILES string of the molecule is CCC(NC(C)C(=O)N1CCOCC1)c1ccc(F)cc1. The number of carbonyl (C=O) groups excluding carboxylic acids is 1. The Bertz CT molecular complexity index is 458. The highest BCUT2D eigenvalue weighted by Crippen LogP contribution is 2.18. The molecule has 0 aliphatic carbocycles. The van der Waals surface area contributed by atoms with Gasteiger partial charge in [-0.05, 0) is 31.0 Å². The molecule has 0 radical (unpaired) electrons. The fourth-order valence-corrected chi connectivity index (χ4v) is 2.58. The Kier molecular flexibility index (Phi) is 5.70. The first-order valence-corrected chi connectivity index (χ1v) is 7.50. The fourth-order valence-electron chi connectivity index (χ4n) is 2.58. The quantitative estimate of drug-likeness (QED) is 0.904. The van der Waals surface area contributed by atoms with Crippen LogP contribution in [0, 0.1) is 5.82 Å². The molecular formula is C16H23FN2O2. The van der Waals surface area contributed by atoms with Gasteiger partial charge in [-0.1, -0.05) is 19.1 Å². The van der Waals surface area contributed by atoms with Crippen molar-refractivity contribution in [3.05, 3.63) is 35.6 Å². The summed E-state index contributed by atoms with van der Waals surface area (Å²) in [6.45, 7) is 6.44. The highest BCUT2D eigenvalue weighted by atomic mass is 19.1. The first-order chi connectivity index (χ1) is 10.1. The van der Waals surface area contributed by atoms with E-state index in [4.69, 9.17) is 4.74 Å². The third kappa shape index (κ3) is 4.25. The third-order valence-corrected chi connectivity index (χ3v) is 3.82. The van der Waals surface area contributed by atoms with Gasteiger partial charge in [0.1, 0.15) is 5.82 Å². The number of hydrogen-bond acceptors (Lipinski definition) is 3. The lowest BCUT2D eigenvalue weighted by molar-refractivity contribution is -0.137. The average Bonchev–Trinajstić information content (AvgIpc) is 2.53. The summed E-state index contributed by atoms with van der Waals surface area (Å²) in [4.78, 5) is 14.2. The summed E-state index contributed by atoms with van der Waals surface area (Å²) in [5, 5.41) is 3.34. The molecule has 1 aliphatic heterocycles. The van der Waals surface area contributed by atoms with Crippen LogP contribution in [0.5, 0.6) is 0 Å². The maximum Gasteiger partial charge on any atom is 0.239 e. The van der Waals surface area contributed by atoms with Crippen LogP contribution in [0.3, 0.4) is 0 Å². The minimum Gasteiger partial charge on any atom is -0.378 e. The van der Waals surface area contributed by atoms with Gasteiger partial charge in [0.25, 0.3) is 0 Å². The normalized spacial score (nSPS) is 18.3. The zero-order valence-corrected chi connectivity index (χ0v) is 12.6. The summed E-state index contributed by atoms with van der Waals surface area (Å²) in [7, 11) is 0. The summed E-state index contributed by atoms with van der Waals surface area (Å²) < 4.78 is 18.3. The number of halogens is 1. The number of rotatable bonds is 5. The molecular weight excluding hydrogens is 271 g/mol. The Hall–Kier alpha value is -1.46.